The Balaban J connectivity index is 2.60. The number of H-pyrrole nitrogens is 1. The fourth-order valence-corrected chi connectivity index (χ4v) is 1.13. The van der Waals surface area contributed by atoms with Crippen molar-refractivity contribution in [3.63, 3.8) is 0 Å². The summed E-state index contributed by atoms with van der Waals surface area (Å²) >= 11 is 0. The van der Waals surface area contributed by atoms with Crippen molar-refractivity contribution in [2.75, 3.05) is 7.11 Å². The Morgan fingerprint density at radius 3 is 3.07 bits per heavy atom. The molecule has 0 aliphatic rings. The van der Waals surface area contributed by atoms with Crippen LogP contribution in [0, 0.1) is 0 Å². The largest absolute Gasteiger partial charge is 0.464 e. The van der Waals surface area contributed by atoms with Gasteiger partial charge >= 0.3 is 5.97 Å². The SMILES string of the molecule is [B]c1[nH]nc2ccc(C(=O)OC)nc12. The van der Waals surface area contributed by atoms with E-state index in [4.69, 9.17) is 7.85 Å². The van der Waals surface area contributed by atoms with Gasteiger partial charge in [0.15, 0.2) is 0 Å². The molecule has 2 radical (unpaired) electrons. The Morgan fingerprint density at radius 1 is 1.57 bits per heavy atom. The third-order valence-electron chi connectivity index (χ3n) is 1.82. The first-order chi connectivity index (χ1) is 6.72. The number of ether oxygens (including phenoxy) is 1. The summed E-state index contributed by atoms with van der Waals surface area (Å²) in [5.74, 6) is -0.493. The number of pyridine rings is 1. The highest BCUT2D eigenvalue weighted by atomic mass is 16.5. The smallest absolute Gasteiger partial charge is 0.356 e. The number of hydrogen-bond acceptors (Lipinski definition) is 4. The third kappa shape index (κ3) is 1.24. The lowest BCUT2D eigenvalue weighted by molar-refractivity contribution is 0.0594. The molecule has 2 aromatic heterocycles. The fourth-order valence-electron chi connectivity index (χ4n) is 1.13. The maximum atomic E-state index is 11.1. The van der Waals surface area contributed by atoms with Gasteiger partial charge in [-0.3, -0.25) is 5.10 Å². The van der Waals surface area contributed by atoms with Gasteiger partial charge in [0, 0.05) is 5.59 Å². The van der Waals surface area contributed by atoms with Crippen LogP contribution >= 0.6 is 0 Å². The molecule has 0 amide bonds. The van der Waals surface area contributed by atoms with Gasteiger partial charge in [0.1, 0.15) is 24.6 Å². The van der Waals surface area contributed by atoms with E-state index in [-0.39, 0.29) is 5.69 Å². The summed E-state index contributed by atoms with van der Waals surface area (Å²) in [5.41, 5.74) is 1.65. The van der Waals surface area contributed by atoms with Gasteiger partial charge in [0.2, 0.25) is 0 Å². The standard InChI is InChI=1S/C8H6BN3O2/c1-14-8(13)5-3-2-4-6(10-5)7(9)12-11-4/h2-3H,1H3,(H,11,12). The minimum atomic E-state index is -0.493. The summed E-state index contributed by atoms with van der Waals surface area (Å²) in [6, 6.07) is 3.19. The van der Waals surface area contributed by atoms with Crippen LogP contribution in [0.25, 0.3) is 11.0 Å². The van der Waals surface area contributed by atoms with Crippen molar-refractivity contribution in [1.82, 2.24) is 15.2 Å². The molecule has 0 atom stereocenters. The Labute approximate surface area is 80.9 Å². The van der Waals surface area contributed by atoms with Crippen LogP contribution in [0.3, 0.4) is 0 Å². The zero-order valence-corrected chi connectivity index (χ0v) is 7.44. The van der Waals surface area contributed by atoms with E-state index in [2.05, 4.69) is 19.9 Å². The van der Waals surface area contributed by atoms with E-state index >= 15 is 0 Å². The predicted molar refractivity (Wildman–Crippen MR) is 50.6 cm³/mol. The number of nitrogens with zero attached hydrogens (tertiary/aromatic N) is 2. The van der Waals surface area contributed by atoms with Crippen molar-refractivity contribution in [1.29, 1.82) is 0 Å². The number of hydrogen-bond donors (Lipinski definition) is 1. The number of carbonyl (C=O) groups excluding carboxylic acids is 1. The lowest BCUT2D eigenvalue weighted by Gasteiger charge is -1.97. The molecule has 14 heavy (non-hydrogen) atoms. The summed E-state index contributed by atoms with van der Waals surface area (Å²) in [6.07, 6.45) is 0. The number of aromatic nitrogens is 3. The molecule has 0 spiro atoms. The molecule has 0 bridgehead atoms. The predicted octanol–water partition coefficient (Wildman–Crippen LogP) is -0.462. The highest BCUT2D eigenvalue weighted by Crippen LogP contribution is 2.06. The van der Waals surface area contributed by atoms with Crippen LogP contribution in [0.5, 0.6) is 0 Å². The first-order valence-corrected chi connectivity index (χ1v) is 3.91. The van der Waals surface area contributed by atoms with Gasteiger partial charge in [-0.25, -0.2) is 9.78 Å². The van der Waals surface area contributed by atoms with Crippen molar-refractivity contribution in [2.45, 2.75) is 0 Å². The van der Waals surface area contributed by atoms with E-state index in [0.29, 0.717) is 16.6 Å². The number of nitrogens with one attached hydrogen (secondary N) is 1. The monoisotopic (exact) mass is 187 g/mol. The maximum Gasteiger partial charge on any atom is 0.356 e. The van der Waals surface area contributed by atoms with Gasteiger partial charge in [0.25, 0.3) is 0 Å². The first-order valence-electron chi connectivity index (χ1n) is 3.91. The number of methoxy groups -OCH3 is 1. The van der Waals surface area contributed by atoms with E-state index in [1.54, 1.807) is 6.07 Å². The second-order valence-corrected chi connectivity index (χ2v) is 2.69. The van der Waals surface area contributed by atoms with Crippen molar-refractivity contribution in [2.24, 2.45) is 0 Å². The topological polar surface area (TPSA) is 67.9 Å². The molecule has 68 valence electrons. The Bertz CT molecular complexity index is 494. The van der Waals surface area contributed by atoms with Gasteiger partial charge in [0.05, 0.1) is 7.11 Å². The Kier molecular flexibility index (Phi) is 1.96. The Morgan fingerprint density at radius 2 is 2.36 bits per heavy atom. The minimum Gasteiger partial charge on any atom is -0.464 e. The van der Waals surface area contributed by atoms with Crippen LogP contribution in [0.1, 0.15) is 10.5 Å². The molecule has 0 aliphatic carbocycles. The van der Waals surface area contributed by atoms with Crippen molar-refractivity contribution in [3.05, 3.63) is 17.8 Å². The van der Waals surface area contributed by atoms with E-state index in [1.165, 1.54) is 13.2 Å². The zero-order chi connectivity index (χ0) is 10.1. The van der Waals surface area contributed by atoms with E-state index in [9.17, 15) is 4.79 Å². The van der Waals surface area contributed by atoms with Crippen LogP contribution in [0.4, 0.5) is 0 Å². The van der Waals surface area contributed by atoms with Crippen molar-refractivity contribution < 1.29 is 9.53 Å². The molecule has 0 aromatic carbocycles. The quantitative estimate of drug-likeness (QED) is 0.484. The molecule has 2 rings (SSSR count). The summed E-state index contributed by atoms with van der Waals surface area (Å²) in [6.45, 7) is 0. The molecular weight excluding hydrogens is 181 g/mol. The fraction of sp³-hybridized carbons (Fsp3) is 0.125. The van der Waals surface area contributed by atoms with Gasteiger partial charge in [-0.2, -0.15) is 5.10 Å². The second kappa shape index (κ2) is 3.14. The Hall–Kier alpha value is -1.85. The van der Waals surface area contributed by atoms with Crippen LogP contribution in [0.15, 0.2) is 12.1 Å². The molecule has 1 N–H and O–H groups in total. The van der Waals surface area contributed by atoms with E-state index in [1.807, 2.05) is 0 Å². The zero-order valence-electron chi connectivity index (χ0n) is 7.44. The lowest BCUT2D eigenvalue weighted by atomic mass is 10.0. The highest BCUT2D eigenvalue weighted by Gasteiger charge is 2.09. The maximum absolute atomic E-state index is 11.1. The van der Waals surface area contributed by atoms with Crippen LogP contribution in [0.2, 0.25) is 0 Å². The van der Waals surface area contributed by atoms with Gasteiger partial charge in [-0.15, -0.1) is 0 Å². The van der Waals surface area contributed by atoms with Gasteiger partial charge in [-0.1, -0.05) is 0 Å². The number of aromatic amines is 1. The minimum absolute atomic E-state index is 0.216. The number of rotatable bonds is 1. The van der Waals surface area contributed by atoms with Crippen LogP contribution in [-0.4, -0.2) is 36.1 Å². The molecule has 0 aliphatic heterocycles. The molecule has 0 saturated heterocycles. The highest BCUT2D eigenvalue weighted by molar-refractivity contribution is 6.36. The van der Waals surface area contributed by atoms with Gasteiger partial charge in [-0.05, 0) is 12.1 Å². The van der Waals surface area contributed by atoms with Crippen molar-refractivity contribution >= 4 is 30.4 Å². The first kappa shape index (κ1) is 8.74. The number of fused-ring (bicyclic) bond motifs is 1. The number of esters is 1. The van der Waals surface area contributed by atoms with E-state index < -0.39 is 5.97 Å². The lowest BCUT2D eigenvalue weighted by Crippen LogP contribution is -2.08. The molecular formula is C8H6BN3O2. The second-order valence-electron chi connectivity index (χ2n) is 2.69. The third-order valence-corrected chi connectivity index (χ3v) is 1.82. The molecule has 0 saturated carbocycles. The molecule has 5 nitrogen and oxygen atoms in total. The average Bonchev–Trinajstić information content (AvgIpc) is 2.59. The molecule has 2 heterocycles. The molecule has 0 unspecified atom stereocenters. The average molecular weight is 187 g/mol. The summed E-state index contributed by atoms with van der Waals surface area (Å²) < 4.78 is 4.53. The van der Waals surface area contributed by atoms with Crippen LogP contribution in [-0.2, 0) is 4.74 Å². The normalized spacial score (nSPS) is 10.4. The van der Waals surface area contributed by atoms with Crippen LogP contribution < -0.4 is 5.59 Å². The van der Waals surface area contributed by atoms with E-state index in [0.717, 1.165) is 0 Å². The number of carbonyl (C=O) groups is 1. The summed E-state index contributed by atoms with van der Waals surface area (Å²) in [5, 5.41) is 6.45. The van der Waals surface area contributed by atoms with Crippen molar-refractivity contribution in [3.8, 4) is 0 Å². The summed E-state index contributed by atoms with van der Waals surface area (Å²) in [7, 11) is 6.85. The molecule has 2 aromatic rings. The molecule has 6 heteroatoms. The molecule has 0 fully saturated rings. The summed E-state index contributed by atoms with van der Waals surface area (Å²) in [4.78, 5) is 15.1. The van der Waals surface area contributed by atoms with Gasteiger partial charge < -0.3 is 4.74 Å².